The topological polar surface area (TPSA) is 475 Å². The van der Waals surface area contributed by atoms with Gasteiger partial charge in [0.15, 0.2) is 0 Å². The number of amides is 12. The first-order chi connectivity index (χ1) is 34.8. The summed E-state index contributed by atoms with van der Waals surface area (Å²) in [6, 6.07) is 4.58. The number of carbonyl (C=O) groups excluding carboxylic acids is 12. The molecule has 0 fully saturated rings. The molecule has 2 rings (SSSR count). The molecule has 2 aromatic carbocycles. The quantitative estimate of drug-likeness (QED) is 0.0303. The number of phenols is 1. The smallest absolute Gasteiger partial charge is 0.326 e. The van der Waals surface area contributed by atoms with Crippen molar-refractivity contribution < 1.29 is 72.5 Å². The van der Waals surface area contributed by atoms with E-state index in [1.807, 2.05) is 11.4 Å². The monoisotopic (exact) mass is 1060 g/mol. The molecule has 0 saturated heterocycles. The van der Waals surface area contributed by atoms with Gasteiger partial charge in [0.2, 0.25) is 70.9 Å². The third kappa shape index (κ3) is 23.3. The number of phenolic OH excluding ortho intramolecular Hbond substituents is 1. The molecule has 404 valence electrons. The van der Waals surface area contributed by atoms with Crippen molar-refractivity contribution in [1.29, 1.82) is 0 Å². The Labute approximate surface area is 429 Å². The fraction of sp³-hybridized carbons (Fsp3) is 0.444. The lowest BCUT2D eigenvalue weighted by atomic mass is 9.99. The van der Waals surface area contributed by atoms with E-state index in [0.29, 0.717) is 5.56 Å². The van der Waals surface area contributed by atoms with Gasteiger partial charge in [0, 0.05) is 18.6 Å². The molecule has 0 radical (unpaired) electrons. The summed E-state index contributed by atoms with van der Waals surface area (Å²) in [5, 5.41) is 39.7. The molecule has 0 spiro atoms. The first-order valence-corrected chi connectivity index (χ1v) is 23.3. The number of benzene rings is 2. The van der Waals surface area contributed by atoms with Gasteiger partial charge in [-0.05, 0) is 42.0 Å². The maximum Gasteiger partial charge on any atom is 0.326 e. The average Bonchev–Trinajstić information content (AvgIpc) is 3.33. The molecular weight excluding hydrogens is 995 g/mol. The highest BCUT2D eigenvalue weighted by Crippen LogP contribution is 2.13. The SMILES string of the molecule is CC(C)[C@H](NC(=O)[C@@H](N)Cc1ccccc1)C(=O)N[C@@H](Cc1ccc(O)cc1)C(=O)NCC(=O)NCC(=O)N[C@@H](CS)C(=O)N[C@@H](CCC(N)=O)C(=O)NCC(=O)N[C@@H](CC(N)=O)C(=O)N[C@@H](CC(N)=O)C(=O)O. The predicted molar refractivity (Wildman–Crippen MR) is 263 cm³/mol. The minimum Gasteiger partial charge on any atom is -0.508 e. The van der Waals surface area contributed by atoms with E-state index in [2.05, 4.69) is 55.2 Å². The molecule has 0 bridgehead atoms. The minimum absolute atomic E-state index is 0.0639. The van der Waals surface area contributed by atoms with Crippen LogP contribution in [-0.2, 0) is 75.2 Å². The fourth-order valence-electron chi connectivity index (χ4n) is 6.51. The van der Waals surface area contributed by atoms with Gasteiger partial charge in [0.1, 0.15) is 42.0 Å². The van der Waals surface area contributed by atoms with Crippen LogP contribution >= 0.6 is 12.6 Å². The molecule has 0 aliphatic rings. The van der Waals surface area contributed by atoms with Gasteiger partial charge in [-0.25, -0.2) is 4.79 Å². The number of hydrogen-bond acceptors (Lipinski definition) is 16. The number of rotatable bonds is 32. The zero-order chi connectivity index (χ0) is 55.7. The zero-order valence-electron chi connectivity index (χ0n) is 40.3. The van der Waals surface area contributed by atoms with Crippen LogP contribution < -0.4 is 70.8 Å². The van der Waals surface area contributed by atoms with E-state index in [1.54, 1.807) is 38.1 Å². The highest BCUT2D eigenvalue weighted by Gasteiger charge is 2.33. The Bertz CT molecular complexity index is 2360. The van der Waals surface area contributed by atoms with Gasteiger partial charge in [-0.3, -0.25) is 57.5 Å². The van der Waals surface area contributed by atoms with Crippen LogP contribution in [-0.4, -0.2) is 155 Å². The summed E-state index contributed by atoms with van der Waals surface area (Å²) in [7, 11) is 0. The number of nitrogens with one attached hydrogen (secondary N) is 9. The number of carbonyl (C=O) groups is 13. The number of thiol groups is 1. The first kappa shape index (κ1) is 61.8. The minimum atomic E-state index is -1.83. The third-order valence-electron chi connectivity index (χ3n) is 10.4. The molecule has 28 nitrogen and oxygen atoms in total. The lowest BCUT2D eigenvalue weighted by molar-refractivity contribution is -0.144. The lowest BCUT2D eigenvalue weighted by Crippen LogP contribution is -2.58. The Hall–Kier alpha value is -8.34. The van der Waals surface area contributed by atoms with E-state index in [-0.39, 0.29) is 24.3 Å². The molecule has 7 atom stereocenters. The number of carboxylic acid groups (broad SMARTS) is 1. The van der Waals surface area contributed by atoms with Crippen LogP contribution in [0.1, 0.15) is 50.7 Å². The van der Waals surface area contributed by atoms with Crippen molar-refractivity contribution in [2.45, 2.75) is 94.7 Å². The molecule has 12 amide bonds. The maximum absolute atomic E-state index is 13.6. The van der Waals surface area contributed by atoms with Crippen LogP contribution in [0.5, 0.6) is 5.75 Å². The molecular formula is C45H63N13O15S. The van der Waals surface area contributed by atoms with Gasteiger partial charge < -0.3 is 81.0 Å². The summed E-state index contributed by atoms with van der Waals surface area (Å²) in [4.78, 5) is 164. The maximum atomic E-state index is 13.6. The van der Waals surface area contributed by atoms with Crippen LogP contribution in [0.3, 0.4) is 0 Å². The summed E-state index contributed by atoms with van der Waals surface area (Å²) in [5.74, 6) is -14.2. The molecule has 2 aromatic rings. The van der Waals surface area contributed by atoms with Crippen molar-refractivity contribution in [2.75, 3.05) is 25.4 Å². The second-order valence-corrected chi connectivity index (χ2v) is 17.3. The Morgan fingerprint density at radius 3 is 1.54 bits per heavy atom. The van der Waals surface area contributed by atoms with Crippen molar-refractivity contribution in [3.63, 3.8) is 0 Å². The van der Waals surface area contributed by atoms with Crippen molar-refractivity contribution in [3.05, 3.63) is 65.7 Å². The Morgan fingerprint density at radius 2 is 1.00 bits per heavy atom. The first-order valence-electron chi connectivity index (χ1n) is 22.7. The number of aromatic hydroxyl groups is 1. The summed E-state index contributed by atoms with van der Waals surface area (Å²) >= 11 is 4.06. The summed E-state index contributed by atoms with van der Waals surface area (Å²) < 4.78 is 0. The number of hydrogen-bond donors (Lipinski definition) is 16. The van der Waals surface area contributed by atoms with Crippen LogP contribution in [0.2, 0.25) is 0 Å². The van der Waals surface area contributed by atoms with Crippen molar-refractivity contribution in [1.82, 2.24) is 47.9 Å². The molecule has 0 aliphatic carbocycles. The largest absolute Gasteiger partial charge is 0.508 e. The predicted octanol–water partition coefficient (Wildman–Crippen LogP) is -6.55. The van der Waals surface area contributed by atoms with Gasteiger partial charge in [-0.15, -0.1) is 0 Å². The summed E-state index contributed by atoms with van der Waals surface area (Å²) in [6.07, 6.45) is -2.51. The van der Waals surface area contributed by atoms with E-state index in [0.717, 1.165) is 5.56 Å². The number of aliphatic carboxylic acids is 1. The van der Waals surface area contributed by atoms with E-state index in [9.17, 15) is 72.5 Å². The average molecular weight is 1060 g/mol. The molecule has 74 heavy (non-hydrogen) atoms. The van der Waals surface area contributed by atoms with Gasteiger partial charge >= 0.3 is 5.97 Å². The second kappa shape index (κ2) is 31.2. The standard InChI is InChI=1S/C45H63N13O15S/c1-22(2)38(58-39(66)26(46)14-23-6-4-3-5-7-23)44(71)56-28(15-24-8-10-25(59)11-9-24)41(68)51-18-35(63)50-19-36(64)54-31(21-74)43(70)55-27(12-13-32(47)60)40(67)52-20-37(65)53-29(16-33(48)61)42(69)57-30(45(72)73)17-34(49)62/h3-11,22,26-31,38,59,74H,12-21,46H2,1-2H3,(H2,47,60)(H2,48,61)(H2,49,62)(H,50,63)(H,51,68)(H,52,67)(H,53,65)(H,54,64)(H,55,70)(H,56,71)(H,57,69)(H,58,66)(H,72,73)/t26-,27-,28-,29-,30-,31-,38-/m0/s1. The molecule has 0 heterocycles. The van der Waals surface area contributed by atoms with E-state index in [1.165, 1.54) is 24.3 Å². The number of primary amides is 3. The fourth-order valence-corrected chi connectivity index (χ4v) is 6.77. The Kier molecular flexibility index (Phi) is 26.0. The van der Waals surface area contributed by atoms with Crippen LogP contribution in [0.4, 0.5) is 0 Å². The van der Waals surface area contributed by atoms with Gasteiger partial charge in [-0.1, -0.05) is 56.3 Å². The van der Waals surface area contributed by atoms with Gasteiger partial charge in [0.25, 0.3) is 0 Å². The van der Waals surface area contributed by atoms with Crippen molar-refractivity contribution in [3.8, 4) is 5.75 Å². The van der Waals surface area contributed by atoms with E-state index >= 15 is 0 Å². The highest BCUT2D eigenvalue weighted by atomic mass is 32.1. The highest BCUT2D eigenvalue weighted by molar-refractivity contribution is 7.80. The molecule has 19 N–H and O–H groups in total. The molecule has 0 unspecified atom stereocenters. The van der Waals surface area contributed by atoms with Crippen molar-refractivity contribution >= 4 is 89.5 Å². The summed E-state index contributed by atoms with van der Waals surface area (Å²) in [5.41, 5.74) is 22.8. The van der Waals surface area contributed by atoms with Crippen LogP contribution in [0.25, 0.3) is 0 Å². The van der Waals surface area contributed by atoms with Crippen LogP contribution in [0, 0.1) is 5.92 Å². The van der Waals surface area contributed by atoms with Gasteiger partial charge in [0.05, 0.1) is 38.5 Å². The molecule has 29 heteroatoms. The zero-order valence-corrected chi connectivity index (χ0v) is 41.2. The molecule has 0 aliphatic heterocycles. The normalized spacial score (nSPS) is 13.6. The molecule has 0 aromatic heterocycles. The van der Waals surface area contributed by atoms with Crippen molar-refractivity contribution in [2.24, 2.45) is 28.9 Å². The third-order valence-corrected chi connectivity index (χ3v) is 10.8. The summed E-state index contributed by atoms with van der Waals surface area (Å²) in [6.45, 7) is 0.964. The second-order valence-electron chi connectivity index (χ2n) is 16.9. The number of nitrogens with two attached hydrogens (primary N) is 4. The lowest BCUT2D eigenvalue weighted by Gasteiger charge is -2.26. The number of carboxylic acids is 1. The van der Waals surface area contributed by atoms with Gasteiger partial charge in [-0.2, -0.15) is 12.6 Å². The van der Waals surface area contributed by atoms with Crippen LogP contribution in [0.15, 0.2) is 54.6 Å². The van der Waals surface area contributed by atoms with E-state index < -0.39 is 170 Å². The van der Waals surface area contributed by atoms with E-state index in [4.69, 9.17) is 22.9 Å². The Morgan fingerprint density at radius 1 is 0.514 bits per heavy atom. The Balaban J connectivity index is 2.05. The molecule has 0 saturated carbocycles.